The Kier molecular flexibility index (Phi) is 2.47. The van der Waals surface area contributed by atoms with E-state index in [1.54, 1.807) is 0 Å². The second kappa shape index (κ2) is 7.53. The van der Waals surface area contributed by atoms with Gasteiger partial charge in [0.2, 0.25) is 0 Å². The number of carboxylic acid groups (broad SMARTS) is 1. The molecule has 1 N–H and O–H groups in total. The Morgan fingerprint density at radius 3 is 2.92 bits per heavy atom. The Morgan fingerprint density at radius 1 is 1.36 bits per heavy atom. The second-order valence-corrected chi connectivity index (χ2v) is 5.46. The number of aliphatic carboxylic acids is 1. The van der Waals surface area contributed by atoms with Gasteiger partial charge < -0.3 is 14.7 Å². The molecule has 0 amide bonds. The van der Waals surface area contributed by atoms with Gasteiger partial charge in [0.25, 0.3) is 0 Å². The van der Waals surface area contributed by atoms with Crippen LogP contribution >= 0.6 is 0 Å². The fraction of sp³-hybridized carbons (Fsp3) is 0.286. The van der Waals surface area contributed by atoms with Crippen LogP contribution in [0.1, 0.15) is 43.8 Å². The van der Waals surface area contributed by atoms with E-state index in [4.69, 9.17) is 19.8 Å². The van der Waals surface area contributed by atoms with Crippen LogP contribution in [0.3, 0.4) is 0 Å². The molecule has 130 valence electrons. The number of nitrogens with zero attached hydrogens (tertiary/aromatic N) is 1. The van der Waals surface area contributed by atoms with E-state index >= 15 is 0 Å². The topological polar surface area (TPSA) is 49.8 Å². The standard InChI is InChI=1S/C21H23NO3/c1-22(2)11-5-8-18-17-7-4-3-6-16(17)14-25-20-10-9-15(12-19(18)20)13-21(23)24/h3-4,6-10,12H,5,11,13-14H2,1-2H3,(H,23,24)/b18-8+/i3D,4D,6D,7D,9D,10D,11D2,12D,14D2. The smallest absolute Gasteiger partial charge is 0.307 e. The molecule has 0 saturated carbocycles. The van der Waals surface area contributed by atoms with E-state index in [0.29, 0.717) is 0 Å². The maximum absolute atomic E-state index is 11.4. The van der Waals surface area contributed by atoms with Crippen LogP contribution in [0.15, 0.2) is 48.4 Å². The van der Waals surface area contributed by atoms with Crippen molar-refractivity contribution >= 4 is 11.5 Å². The Balaban J connectivity index is 2.58. The van der Waals surface area contributed by atoms with Gasteiger partial charge in [-0.1, -0.05) is 36.3 Å². The zero-order valence-corrected chi connectivity index (χ0v) is 13.7. The highest BCUT2D eigenvalue weighted by molar-refractivity contribution is 5.85. The molecular weight excluding hydrogens is 314 g/mol. The minimum atomic E-state index is -2.94. The Morgan fingerprint density at radius 2 is 2.16 bits per heavy atom. The van der Waals surface area contributed by atoms with Crippen molar-refractivity contribution in [2.75, 3.05) is 20.6 Å². The Labute approximate surface area is 163 Å². The largest absolute Gasteiger partial charge is 0.488 e. The molecule has 0 saturated heterocycles. The molecule has 1 aliphatic heterocycles. The highest BCUT2D eigenvalue weighted by atomic mass is 16.5. The van der Waals surface area contributed by atoms with Crippen LogP contribution in [0.2, 0.25) is 0 Å². The second-order valence-electron chi connectivity index (χ2n) is 5.46. The van der Waals surface area contributed by atoms with Crippen molar-refractivity contribution in [1.82, 2.24) is 4.90 Å². The quantitative estimate of drug-likeness (QED) is 0.897. The van der Waals surface area contributed by atoms with Gasteiger partial charge in [0.05, 0.1) is 18.8 Å². The third-order valence-corrected chi connectivity index (χ3v) is 3.35. The molecule has 0 atom stereocenters. The highest BCUT2D eigenvalue weighted by Crippen LogP contribution is 2.37. The average molecular weight is 348 g/mol. The fourth-order valence-corrected chi connectivity index (χ4v) is 2.29. The minimum absolute atomic E-state index is 0.218. The minimum Gasteiger partial charge on any atom is -0.488 e. The molecule has 2 aromatic carbocycles. The molecule has 4 nitrogen and oxygen atoms in total. The normalized spacial score (nSPS) is 23.5. The van der Waals surface area contributed by atoms with Gasteiger partial charge in [0.1, 0.15) is 12.3 Å². The van der Waals surface area contributed by atoms with Crippen LogP contribution in [-0.2, 0) is 17.8 Å². The van der Waals surface area contributed by atoms with Crippen molar-refractivity contribution in [1.29, 1.82) is 0 Å². The number of carbonyl (C=O) groups is 1. The zero-order chi connectivity index (χ0) is 27.5. The van der Waals surface area contributed by atoms with E-state index in [1.165, 1.54) is 25.1 Å². The predicted molar refractivity (Wildman–Crippen MR) is 98.8 cm³/mol. The summed E-state index contributed by atoms with van der Waals surface area (Å²) in [6.07, 6.45) is 0.0212. The van der Waals surface area contributed by atoms with Crippen molar-refractivity contribution < 1.29 is 29.7 Å². The van der Waals surface area contributed by atoms with E-state index in [-0.39, 0.29) is 23.1 Å². The summed E-state index contributed by atoms with van der Waals surface area (Å²) in [7, 11) is 2.94. The molecule has 0 spiro atoms. The van der Waals surface area contributed by atoms with Gasteiger partial charge in [-0.2, -0.15) is 0 Å². The summed E-state index contributed by atoms with van der Waals surface area (Å²) in [5, 5.41) is 9.30. The third kappa shape index (κ3) is 4.09. The van der Waals surface area contributed by atoms with Gasteiger partial charge in [-0.15, -0.1) is 0 Å². The molecule has 4 heteroatoms. The Bertz CT molecular complexity index is 1310. The molecule has 25 heavy (non-hydrogen) atoms. The molecule has 1 heterocycles. The van der Waals surface area contributed by atoms with Crippen molar-refractivity contribution in [3.63, 3.8) is 0 Å². The monoisotopic (exact) mass is 348 g/mol. The average Bonchev–Trinajstić information content (AvgIpc) is 2.87. The highest BCUT2D eigenvalue weighted by Gasteiger charge is 2.19. The van der Waals surface area contributed by atoms with Crippen LogP contribution in [0, 0.1) is 0 Å². The number of ether oxygens (including phenoxy) is 1. The van der Waals surface area contributed by atoms with E-state index in [0.717, 1.165) is 0 Å². The summed E-state index contributed by atoms with van der Waals surface area (Å²) in [4.78, 5) is 12.7. The van der Waals surface area contributed by atoms with Crippen LogP contribution < -0.4 is 4.74 Å². The molecular formula is C21H23NO3. The van der Waals surface area contributed by atoms with Crippen molar-refractivity contribution in [2.24, 2.45) is 0 Å². The lowest BCUT2D eigenvalue weighted by Crippen LogP contribution is -2.12. The first-order chi connectivity index (χ1) is 16.4. The molecule has 0 aliphatic carbocycles. The van der Waals surface area contributed by atoms with E-state index in [2.05, 4.69) is 0 Å². The van der Waals surface area contributed by atoms with E-state index in [9.17, 15) is 9.90 Å². The molecule has 1 aliphatic rings. The van der Waals surface area contributed by atoms with E-state index < -0.39 is 84.6 Å². The van der Waals surface area contributed by atoms with Crippen molar-refractivity contribution in [3.8, 4) is 5.75 Å². The first kappa shape index (κ1) is 8.19. The number of hydrogen-bond acceptors (Lipinski definition) is 3. The lowest BCUT2D eigenvalue weighted by atomic mass is 9.92. The molecule has 3 rings (SSSR count). The molecule has 0 aromatic heterocycles. The van der Waals surface area contributed by atoms with Gasteiger partial charge in [-0.3, -0.25) is 4.79 Å². The first-order valence-corrected chi connectivity index (χ1v) is 7.46. The zero-order valence-electron chi connectivity index (χ0n) is 24.7. The van der Waals surface area contributed by atoms with Gasteiger partial charge in [0, 0.05) is 14.8 Å². The van der Waals surface area contributed by atoms with Crippen LogP contribution in [-0.4, -0.2) is 36.6 Å². The van der Waals surface area contributed by atoms with E-state index in [1.807, 2.05) is 0 Å². The third-order valence-electron chi connectivity index (χ3n) is 3.35. The summed E-state index contributed by atoms with van der Waals surface area (Å²) >= 11 is 0. The lowest BCUT2D eigenvalue weighted by Gasteiger charge is -2.13. The maximum Gasteiger partial charge on any atom is 0.307 e. The summed E-state index contributed by atoms with van der Waals surface area (Å²) in [6, 6.07) is -4.90. The van der Waals surface area contributed by atoms with Gasteiger partial charge in [0.15, 0.2) is 0 Å². The van der Waals surface area contributed by atoms with Crippen LogP contribution in [0.25, 0.3) is 5.57 Å². The van der Waals surface area contributed by atoms with Gasteiger partial charge in [-0.05, 0) is 54.9 Å². The Hall–Kier alpha value is -2.59. The number of fused-ring (bicyclic) bond motifs is 2. The number of benzene rings is 2. The lowest BCUT2D eigenvalue weighted by molar-refractivity contribution is -0.136. The fourth-order valence-electron chi connectivity index (χ4n) is 2.29. The SMILES string of the molecule is [2H]c1c([2H])c([2H])c2c(c1[2H])/C(=C\CC([2H])([2H])N(C)C)c1c([2H])c(CC(=O)O)c([2H])c([2H])c1OC2([2H])[2H]. The van der Waals surface area contributed by atoms with Gasteiger partial charge >= 0.3 is 5.97 Å². The molecule has 0 fully saturated rings. The molecule has 0 radical (unpaired) electrons. The summed E-state index contributed by atoms with van der Waals surface area (Å²) < 4.78 is 97.2. The molecule has 0 unspecified atom stereocenters. The predicted octanol–water partition coefficient (Wildman–Crippen LogP) is 3.59. The first-order valence-electron chi connectivity index (χ1n) is 13.0. The number of carboxylic acids is 1. The van der Waals surface area contributed by atoms with Crippen LogP contribution in [0.4, 0.5) is 0 Å². The maximum atomic E-state index is 11.4. The summed E-state index contributed by atoms with van der Waals surface area (Å²) in [5.41, 5.74) is -1.96. The number of rotatable bonds is 5. The van der Waals surface area contributed by atoms with Crippen LogP contribution in [0.5, 0.6) is 5.75 Å². The molecule has 0 bridgehead atoms. The van der Waals surface area contributed by atoms with Gasteiger partial charge in [-0.25, -0.2) is 0 Å². The summed E-state index contributed by atoms with van der Waals surface area (Å²) in [6.45, 7) is -4.92. The number of hydrogen-bond donors (Lipinski definition) is 1. The summed E-state index contributed by atoms with van der Waals surface area (Å²) in [5.74, 6) is -2.01. The molecule has 2 aromatic rings. The van der Waals surface area contributed by atoms with Crippen molar-refractivity contribution in [2.45, 2.75) is 19.4 Å². The van der Waals surface area contributed by atoms with Crippen molar-refractivity contribution in [3.05, 3.63) is 70.6 Å².